The SMILES string of the molecule is CN(Cc1ccccc1[N+](=O)[O-])C(=O)CCNC(=O)c1ccsc1. The number of nitro benzene ring substituents is 1. The molecule has 0 aliphatic carbocycles. The normalized spacial score (nSPS) is 10.2. The lowest BCUT2D eigenvalue weighted by Crippen LogP contribution is -2.31. The van der Waals surface area contributed by atoms with E-state index in [-0.39, 0.29) is 37.0 Å². The van der Waals surface area contributed by atoms with Crippen molar-refractivity contribution in [2.75, 3.05) is 13.6 Å². The van der Waals surface area contributed by atoms with Gasteiger partial charge in [-0.05, 0) is 11.4 Å². The molecular formula is C16H17N3O4S. The van der Waals surface area contributed by atoms with Crippen molar-refractivity contribution in [1.82, 2.24) is 10.2 Å². The molecule has 0 aliphatic heterocycles. The number of para-hydroxylation sites is 1. The van der Waals surface area contributed by atoms with Crippen LogP contribution in [0.3, 0.4) is 0 Å². The summed E-state index contributed by atoms with van der Waals surface area (Å²) in [5.74, 6) is -0.413. The maximum absolute atomic E-state index is 12.1. The van der Waals surface area contributed by atoms with E-state index in [0.29, 0.717) is 11.1 Å². The molecule has 2 amide bonds. The second kappa shape index (κ2) is 8.21. The third-order valence-electron chi connectivity index (χ3n) is 3.43. The van der Waals surface area contributed by atoms with Crippen molar-refractivity contribution in [2.45, 2.75) is 13.0 Å². The van der Waals surface area contributed by atoms with Crippen molar-refractivity contribution in [3.63, 3.8) is 0 Å². The smallest absolute Gasteiger partial charge is 0.274 e. The molecule has 1 aromatic carbocycles. The van der Waals surface area contributed by atoms with E-state index in [1.54, 1.807) is 42.1 Å². The van der Waals surface area contributed by atoms with Crippen molar-refractivity contribution in [3.8, 4) is 0 Å². The number of thiophene rings is 1. The lowest BCUT2D eigenvalue weighted by atomic mass is 10.1. The van der Waals surface area contributed by atoms with E-state index < -0.39 is 4.92 Å². The van der Waals surface area contributed by atoms with Gasteiger partial charge in [-0.3, -0.25) is 19.7 Å². The van der Waals surface area contributed by atoms with Crippen LogP contribution in [0.15, 0.2) is 41.1 Å². The fourth-order valence-electron chi connectivity index (χ4n) is 2.14. The fraction of sp³-hybridized carbons (Fsp3) is 0.250. The molecule has 0 bridgehead atoms. The van der Waals surface area contributed by atoms with Gasteiger partial charge >= 0.3 is 0 Å². The first-order chi connectivity index (χ1) is 11.5. The van der Waals surface area contributed by atoms with E-state index >= 15 is 0 Å². The quantitative estimate of drug-likeness (QED) is 0.615. The van der Waals surface area contributed by atoms with Gasteiger partial charge in [-0.1, -0.05) is 18.2 Å². The Bertz CT molecular complexity index is 731. The van der Waals surface area contributed by atoms with Crippen LogP contribution >= 0.6 is 11.3 Å². The van der Waals surface area contributed by atoms with Crippen molar-refractivity contribution >= 4 is 28.8 Å². The topological polar surface area (TPSA) is 92.5 Å². The van der Waals surface area contributed by atoms with E-state index in [4.69, 9.17) is 0 Å². The fourth-order valence-corrected chi connectivity index (χ4v) is 2.77. The van der Waals surface area contributed by atoms with Crippen LogP contribution in [0.2, 0.25) is 0 Å². The lowest BCUT2D eigenvalue weighted by molar-refractivity contribution is -0.385. The maximum Gasteiger partial charge on any atom is 0.274 e. The number of amides is 2. The zero-order valence-electron chi connectivity index (χ0n) is 13.1. The van der Waals surface area contributed by atoms with Gasteiger partial charge < -0.3 is 10.2 Å². The van der Waals surface area contributed by atoms with Crippen LogP contribution in [0.4, 0.5) is 5.69 Å². The molecule has 2 aromatic rings. The molecule has 1 N–H and O–H groups in total. The Morgan fingerprint density at radius 1 is 1.29 bits per heavy atom. The Morgan fingerprint density at radius 3 is 2.71 bits per heavy atom. The number of carbonyl (C=O) groups is 2. The van der Waals surface area contributed by atoms with Gasteiger partial charge in [-0.15, -0.1) is 0 Å². The van der Waals surface area contributed by atoms with Gasteiger partial charge in [0.25, 0.3) is 11.6 Å². The monoisotopic (exact) mass is 347 g/mol. The first-order valence-corrected chi connectivity index (χ1v) is 8.20. The molecule has 0 radical (unpaired) electrons. The molecule has 24 heavy (non-hydrogen) atoms. The minimum Gasteiger partial charge on any atom is -0.351 e. The van der Waals surface area contributed by atoms with E-state index in [9.17, 15) is 19.7 Å². The molecule has 2 rings (SSSR count). The molecule has 0 aliphatic rings. The molecular weight excluding hydrogens is 330 g/mol. The van der Waals surface area contributed by atoms with Gasteiger partial charge in [0.15, 0.2) is 0 Å². The second-order valence-corrected chi connectivity index (χ2v) is 5.93. The van der Waals surface area contributed by atoms with Gasteiger partial charge in [-0.2, -0.15) is 11.3 Å². The molecule has 0 saturated carbocycles. The number of benzene rings is 1. The number of carbonyl (C=O) groups excluding carboxylic acids is 2. The Morgan fingerprint density at radius 2 is 2.04 bits per heavy atom. The predicted molar refractivity (Wildman–Crippen MR) is 90.8 cm³/mol. The van der Waals surface area contributed by atoms with Crippen molar-refractivity contribution < 1.29 is 14.5 Å². The number of hydrogen-bond donors (Lipinski definition) is 1. The minimum atomic E-state index is -0.464. The van der Waals surface area contributed by atoms with Gasteiger partial charge in [0.2, 0.25) is 5.91 Å². The number of rotatable bonds is 7. The van der Waals surface area contributed by atoms with Crippen LogP contribution in [0.25, 0.3) is 0 Å². The van der Waals surface area contributed by atoms with E-state index in [0.717, 1.165) is 0 Å². The summed E-state index contributed by atoms with van der Waals surface area (Å²) in [7, 11) is 1.58. The van der Waals surface area contributed by atoms with Gasteiger partial charge in [0, 0.05) is 42.6 Å². The highest BCUT2D eigenvalue weighted by atomic mass is 32.1. The number of nitrogens with one attached hydrogen (secondary N) is 1. The van der Waals surface area contributed by atoms with Crippen molar-refractivity contribution in [2.24, 2.45) is 0 Å². The minimum absolute atomic E-state index is 0.0112. The van der Waals surface area contributed by atoms with Gasteiger partial charge in [0.05, 0.1) is 11.5 Å². The zero-order chi connectivity index (χ0) is 17.5. The van der Waals surface area contributed by atoms with Crippen LogP contribution in [0.1, 0.15) is 22.3 Å². The second-order valence-electron chi connectivity index (χ2n) is 5.15. The van der Waals surface area contributed by atoms with Crippen molar-refractivity contribution in [1.29, 1.82) is 0 Å². The molecule has 8 heteroatoms. The molecule has 1 aromatic heterocycles. The first-order valence-electron chi connectivity index (χ1n) is 7.25. The summed E-state index contributed by atoms with van der Waals surface area (Å²) in [6, 6.07) is 8.03. The average molecular weight is 347 g/mol. The number of nitro groups is 1. The highest BCUT2D eigenvalue weighted by Gasteiger charge is 2.17. The third-order valence-corrected chi connectivity index (χ3v) is 4.11. The Balaban J connectivity index is 1.84. The summed E-state index contributed by atoms with van der Waals surface area (Å²) >= 11 is 1.43. The van der Waals surface area contributed by atoms with Gasteiger partial charge in [0.1, 0.15) is 0 Å². The Hall–Kier alpha value is -2.74. The molecule has 0 unspecified atom stereocenters. The predicted octanol–water partition coefficient (Wildman–Crippen LogP) is 2.43. The lowest BCUT2D eigenvalue weighted by Gasteiger charge is -2.17. The molecule has 0 spiro atoms. The summed E-state index contributed by atoms with van der Waals surface area (Å²) in [6.07, 6.45) is 0.132. The summed E-state index contributed by atoms with van der Waals surface area (Å²) in [5, 5.41) is 17.2. The highest BCUT2D eigenvalue weighted by Crippen LogP contribution is 2.19. The summed E-state index contributed by atoms with van der Waals surface area (Å²) in [4.78, 5) is 35.8. The molecule has 126 valence electrons. The summed E-state index contributed by atoms with van der Waals surface area (Å²) in [5.41, 5.74) is 1.03. The molecule has 1 heterocycles. The average Bonchev–Trinajstić information content (AvgIpc) is 3.09. The van der Waals surface area contributed by atoms with Crippen LogP contribution in [-0.4, -0.2) is 35.2 Å². The van der Waals surface area contributed by atoms with E-state index in [2.05, 4.69) is 5.32 Å². The largest absolute Gasteiger partial charge is 0.351 e. The number of hydrogen-bond acceptors (Lipinski definition) is 5. The third kappa shape index (κ3) is 4.63. The number of nitrogens with zero attached hydrogens (tertiary/aromatic N) is 2. The van der Waals surface area contributed by atoms with E-state index in [1.165, 1.54) is 22.3 Å². The highest BCUT2D eigenvalue weighted by molar-refractivity contribution is 7.08. The summed E-state index contributed by atoms with van der Waals surface area (Å²) in [6.45, 7) is 0.364. The zero-order valence-corrected chi connectivity index (χ0v) is 13.9. The first kappa shape index (κ1) is 17.6. The Kier molecular flexibility index (Phi) is 6.02. The standard InChI is InChI=1S/C16H17N3O4S/c1-18(10-12-4-2-3-5-14(12)19(22)23)15(20)6-8-17-16(21)13-7-9-24-11-13/h2-5,7,9,11H,6,8,10H2,1H3,(H,17,21). The van der Waals surface area contributed by atoms with Crippen LogP contribution < -0.4 is 5.32 Å². The summed E-state index contributed by atoms with van der Waals surface area (Å²) < 4.78 is 0. The van der Waals surface area contributed by atoms with Crippen molar-refractivity contribution in [3.05, 3.63) is 62.3 Å². The molecule has 0 saturated heterocycles. The Labute approximate surface area is 143 Å². The van der Waals surface area contributed by atoms with Crippen LogP contribution in [0, 0.1) is 10.1 Å². The molecule has 0 atom stereocenters. The van der Waals surface area contributed by atoms with Crippen LogP contribution in [0.5, 0.6) is 0 Å². The van der Waals surface area contributed by atoms with E-state index in [1.807, 2.05) is 0 Å². The van der Waals surface area contributed by atoms with Gasteiger partial charge in [-0.25, -0.2) is 0 Å². The molecule has 0 fully saturated rings. The maximum atomic E-state index is 12.1. The van der Waals surface area contributed by atoms with Crippen LogP contribution in [-0.2, 0) is 11.3 Å². The molecule has 7 nitrogen and oxygen atoms in total.